The second kappa shape index (κ2) is 7.14. The molecule has 1 aliphatic carbocycles. The lowest BCUT2D eigenvalue weighted by Crippen LogP contribution is -2.45. The van der Waals surface area contributed by atoms with E-state index in [4.69, 9.17) is 0 Å². The van der Waals surface area contributed by atoms with Crippen LogP contribution < -0.4 is 0 Å². The molecule has 4 nitrogen and oxygen atoms in total. The summed E-state index contributed by atoms with van der Waals surface area (Å²) < 4.78 is 29.5. The summed E-state index contributed by atoms with van der Waals surface area (Å²) in [5.41, 5.74) is 1.93. The highest BCUT2D eigenvalue weighted by Crippen LogP contribution is 2.25. The second-order valence-electron chi connectivity index (χ2n) is 6.73. The molecule has 5 heteroatoms. The Morgan fingerprint density at radius 3 is 2.39 bits per heavy atom. The summed E-state index contributed by atoms with van der Waals surface area (Å²) in [6.07, 6.45) is 7.80. The van der Waals surface area contributed by atoms with Gasteiger partial charge in [0.05, 0.1) is 4.90 Å². The molecule has 1 saturated carbocycles. The van der Waals surface area contributed by atoms with E-state index in [9.17, 15) is 8.42 Å². The molecule has 1 heterocycles. The molecule has 2 aliphatic rings. The van der Waals surface area contributed by atoms with Gasteiger partial charge in [-0.3, -0.25) is 4.90 Å². The lowest BCUT2D eigenvalue weighted by Gasteiger charge is -2.37. The molecule has 0 bridgehead atoms. The Bertz CT molecular complexity index is 659. The minimum Gasteiger partial charge on any atom is -0.295 e. The molecule has 1 aromatic carbocycles. The van der Waals surface area contributed by atoms with E-state index in [0.717, 1.165) is 43.6 Å². The van der Waals surface area contributed by atoms with Crippen LogP contribution in [0.3, 0.4) is 0 Å². The molecule has 0 amide bonds. The fraction of sp³-hybridized carbons (Fsp3) is 0.611. The van der Waals surface area contributed by atoms with Crippen molar-refractivity contribution in [3.8, 4) is 0 Å². The van der Waals surface area contributed by atoms with Gasteiger partial charge in [-0.15, -0.1) is 0 Å². The average molecular weight is 334 g/mol. The van der Waals surface area contributed by atoms with E-state index >= 15 is 0 Å². The Kier molecular flexibility index (Phi) is 5.17. The van der Waals surface area contributed by atoms with Crippen molar-refractivity contribution in [3.63, 3.8) is 0 Å². The van der Waals surface area contributed by atoms with Crippen molar-refractivity contribution in [2.45, 2.75) is 62.8 Å². The van der Waals surface area contributed by atoms with Crippen LogP contribution in [0, 0.1) is 6.92 Å². The van der Waals surface area contributed by atoms with Crippen molar-refractivity contribution in [2.24, 2.45) is 4.40 Å². The van der Waals surface area contributed by atoms with E-state index in [0.29, 0.717) is 4.90 Å². The van der Waals surface area contributed by atoms with Crippen LogP contribution in [-0.4, -0.2) is 38.2 Å². The summed E-state index contributed by atoms with van der Waals surface area (Å²) >= 11 is 0. The van der Waals surface area contributed by atoms with Gasteiger partial charge in [0.1, 0.15) is 0 Å². The van der Waals surface area contributed by atoms with Gasteiger partial charge in [-0.05, 0) is 64.3 Å². The Labute approximate surface area is 139 Å². The van der Waals surface area contributed by atoms with Crippen LogP contribution in [0.1, 0.15) is 50.5 Å². The van der Waals surface area contributed by atoms with Gasteiger partial charge in [-0.1, -0.05) is 30.5 Å². The fourth-order valence-electron chi connectivity index (χ4n) is 3.62. The van der Waals surface area contributed by atoms with Crippen LogP contribution in [0.15, 0.2) is 33.6 Å². The number of hydrogen-bond donors (Lipinski definition) is 0. The molecule has 3 rings (SSSR count). The first-order chi connectivity index (χ1) is 11.1. The molecule has 0 spiro atoms. The third-order valence-corrected chi connectivity index (χ3v) is 6.28. The highest BCUT2D eigenvalue weighted by Gasteiger charge is 2.29. The van der Waals surface area contributed by atoms with Crippen molar-refractivity contribution < 1.29 is 8.42 Å². The quantitative estimate of drug-likeness (QED) is 0.849. The summed E-state index contributed by atoms with van der Waals surface area (Å²) in [5.74, 6) is 0. The van der Waals surface area contributed by atoms with E-state index in [1.165, 1.54) is 25.7 Å². The Hall–Kier alpha value is -1.20. The van der Waals surface area contributed by atoms with Gasteiger partial charge in [0.25, 0.3) is 10.0 Å². The summed E-state index contributed by atoms with van der Waals surface area (Å²) in [6, 6.07) is 7.21. The lowest BCUT2D eigenvalue weighted by molar-refractivity contribution is 0.186. The predicted octanol–water partition coefficient (Wildman–Crippen LogP) is 3.55. The van der Waals surface area contributed by atoms with Crippen molar-refractivity contribution >= 4 is 15.7 Å². The monoisotopic (exact) mass is 334 g/mol. The molecule has 1 atom stereocenters. The van der Waals surface area contributed by atoms with Gasteiger partial charge in [-0.2, -0.15) is 12.8 Å². The molecule has 0 aromatic heterocycles. The number of likely N-dealkylation sites (tertiary alicyclic amines) is 1. The van der Waals surface area contributed by atoms with Crippen LogP contribution >= 0.6 is 0 Å². The van der Waals surface area contributed by atoms with Gasteiger partial charge in [-0.25, -0.2) is 0 Å². The molecule has 1 aliphatic heterocycles. The standard InChI is InChI=1S/C18H26N2O2S/c1-15-9-11-16(12-10-15)23(21,22)19-17-7-3-4-8-18(17)20-13-5-2-6-14-20/h9-12,18H,2-8,13-14H2,1H3/b19-17+. The minimum atomic E-state index is -3.59. The number of hydrogen-bond acceptors (Lipinski definition) is 3. The maximum atomic E-state index is 12.6. The highest BCUT2D eigenvalue weighted by atomic mass is 32.2. The summed E-state index contributed by atoms with van der Waals surface area (Å²) in [4.78, 5) is 2.75. The van der Waals surface area contributed by atoms with Gasteiger partial charge >= 0.3 is 0 Å². The van der Waals surface area contributed by atoms with E-state index in [-0.39, 0.29) is 6.04 Å². The van der Waals surface area contributed by atoms with Crippen molar-refractivity contribution in [2.75, 3.05) is 13.1 Å². The number of aryl methyl sites for hydroxylation is 1. The second-order valence-corrected chi connectivity index (χ2v) is 8.33. The number of rotatable bonds is 3. The van der Waals surface area contributed by atoms with E-state index in [1.807, 2.05) is 19.1 Å². The van der Waals surface area contributed by atoms with Crippen LogP contribution in [-0.2, 0) is 10.0 Å². The lowest BCUT2D eigenvalue weighted by atomic mass is 9.91. The maximum absolute atomic E-state index is 12.6. The van der Waals surface area contributed by atoms with Crippen molar-refractivity contribution in [1.82, 2.24) is 4.90 Å². The van der Waals surface area contributed by atoms with Crippen LogP contribution in [0.5, 0.6) is 0 Å². The number of benzene rings is 1. The Morgan fingerprint density at radius 2 is 1.70 bits per heavy atom. The number of piperidine rings is 1. The summed E-state index contributed by atoms with van der Waals surface area (Å²) in [6.45, 7) is 4.11. The fourth-order valence-corrected chi connectivity index (χ4v) is 4.73. The first-order valence-electron chi connectivity index (χ1n) is 8.71. The van der Waals surface area contributed by atoms with Gasteiger partial charge < -0.3 is 0 Å². The van der Waals surface area contributed by atoms with Gasteiger partial charge in [0, 0.05) is 11.8 Å². The molecule has 0 radical (unpaired) electrons. The first-order valence-corrected chi connectivity index (χ1v) is 10.1. The number of nitrogens with zero attached hydrogens (tertiary/aromatic N) is 2. The van der Waals surface area contributed by atoms with E-state index < -0.39 is 10.0 Å². The zero-order valence-electron chi connectivity index (χ0n) is 13.9. The Balaban J connectivity index is 1.86. The summed E-state index contributed by atoms with van der Waals surface area (Å²) in [7, 11) is -3.59. The molecule has 1 saturated heterocycles. The molecule has 1 unspecified atom stereocenters. The van der Waals surface area contributed by atoms with Crippen LogP contribution in [0.2, 0.25) is 0 Å². The van der Waals surface area contributed by atoms with E-state index in [1.54, 1.807) is 12.1 Å². The molecule has 126 valence electrons. The zero-order valence-corrected chi connectivity index (χ0v) is 14.7. The van der Waals surface area contributed by atoms with Crippen LogP contribution in [0.25, 0.3) is 0 Å². The zero-order chi connectivity index (χ0) is 16.3. The third-order valence-electron chi connectivity index (χ3n) is 4.93. The minimum absolute atomic E-state index is 0.226. The SMILES string of the molecule is Cc1ccc(S(=O)(=O)/N=C2\CCCCC2N2CCCCC2)cc1. The molecule has 1 aromatic rings. The van der Waals surface area contributed by atoms with Gasteiger partial charge in [0.2, 0.25) is 0 Å². The molecule has 23 heavy (non-hydrogen) atoms. The van der Waals surface area contributed by atoms with E-state index in [2.05, 4.69) is 9.30 Å². The predicted molar refractivity (Wildman–Crippen MR) is 93.5 cm³/mol. The molecule has 0 N–H and O–H groups in total. The molecular formula is C18H26N2O2S. The third kappa shape index (κ3) is 4.01. The average Bonchev–Trinajstić information content (AvgIpc) is 2.56. The summed E-state index contributed by atoms with van der Waals surface area (Å²) in [5, 5.41) is 0. The first kappa shape index (κ1) is 16.7. The molecule has 2 fully saturated rings. The molecular weight excluding hydrogens is 308 g/mol. The van der Waals surface area contributed by atoms with Crippen LogP contribution in [0.4, 0.5) is 0 Å². The Morgan fingerprint density at radius 1 is 1.00 bits per heavy atom. The van der Waals surface area contributed by atoms with Gasteiger partial charge in [0.15, 0.2) is 0 Å². The smallest absolute Gasteiger partial charge is 0.282 e. The normalized spacial score (nSPS) is 25.6. The van der Waals surface area contributed by atoms with Crippen molar-refractivity contribution in [3.05, 3.63) is 29.8 Å². The van der Waals surface area contributed by atoms with Crippen molar-refractivity contribution in [1.29, 1.82) is 0 Å². The largest absolute Gasteiger partial charge is 0.295 e. The topological polar surface area (TPSA) is 49.7 Å². The highest BCUT2D eigenvalue weighted by molar-refractivity contribution is 7.90. The maximum Gasteiger partial charge on any atom is 0.282 e. The number of sulfonamides is 1.